The van der Waals surface area contributed by atoms with Crippen molar-refractivity contribution in [3.8, 4) is 12.1 Å². The quantitative estimate of drug-likeness (QED) is 0.617. The third-order valence-electron chi connectivity index (χ3n) is 1.59. The Bertz CT molecular complexity index is 525. The van der Waals surface area contributed by atoms with Crippen LogP contribution in [0.3, 0.4) is 0 Å². The third-order valence-corrected chi connectivity index (χ3v) is 1.92. The number of hydrogen-bond acceptors (Lipinski definition) is 5. The topological polar surface area (TPSA) is 124 Å². The number of carbonyl (C=O) groups excluding carboxylic acids is 1. The lowest BCUT2D eigenvalue weighted by molar-refractivity contribution is -0.117. The van der Waals surface area contributed by atoms with Crippen LogP contribution in [0.15, 0.2) is 15.9 Å². The van der Waals surface area contributed by atoms with Crippen molar-refractivity contribution in [1.29, 1.82) is 10.5 Å². The first-order valence-electron chi connectivity index (χ1n) is 4.40. The average Bonchev–Trinajstić information content (AvgIpc) is 2.17. The van der Waals surface area contributed by atoms with Crippen LogP contribution in [0.25, 0.3) is 0 Å². The highest BCUT2D eigenvalue weighted by atomic mass is 32.1. The van der Waals surface area contributed by atoms with Crippen molar-refractivity contribution < 1.29 is 4.79 Å². The number of aryl methyl sites for hydroxylation is 1. The summed E-state index contributed by atoms with van der Waals surface area (Å²) in [7, 11) is 0. The Morgan fingerprint density at radius 3 is 2.47 bits per heavy atom. The molecule has 0 radical (unpaired) electrons. The molecule has 0 aliphatic carbocycles. The molecule has 1 amide bonds. The van der Waals surface area contributed by atoms with Gasteiger partial charge in [-0.15, -0.1) is 12.6 Å². The van der Waals surface area contributed by atoms with Crippen LogP contribution in [-0.4, -0.2) is 10.9 Å². The first-order valence-corrected chi connectivity index (χ1v) is 4.85. The van der Waals surface area contributed by atoms with E-state index in [0.29, 0.717) is 16.2 Å². The molecule has 7 heteroatoms. The first kappa shape index (κ1) is 14.8. The molecule has 1 rings (SSSR count). The van der Waals surface area contributed by atoms with Crippen LogP contribution in [0, 0.1) is 29.6 Å². The van der Waals surface area contributed by atoms with Crippen LogP contribution in [-0.2, 0) is 4.79 Å². The number of hydrogen-bond donors (Lipinski definition) is 3. The lowest BCUT2D eigenvalue weighted by Crippen LogP contribution is -2.07. The minimum absolute atomic E-state index is 0.181. The Hall–Kier alpha value is -2.25. The number of H-pyrrole nitrogens is 1. The summed E-state index contributed by atoms with van der Waals surface area (Å²) in [6, 6.07) is 4.91. The SMILES string of the molecule is Cc1cc(=O)[nH]c(S)c1C#N.N#CCC(N)=O. The number of nitrogens with one attached hydrogen (secondary N) is 1. The van der Waals surface area contributed by atoms with Crippen molar-refractivity contribution in [3.05, 3.63) is 27.5 Å². The molecule has 3 N–H and O–H groups in total. The molecule has 0 bridgehead atoms. The van der Waals surface area contributed by atoms with E-state index < -0.39 is 5.91 Å². The summed E-state index contributed by atoms with van der Waals surface area (Å²) in [5.41, 5.74) is 5.39. The van der Waals surface area contributed by atoms with Gasteiger partial charge in [0.2, 0.25) is 11.5 Å². The second kappa shape index (κ2) is 7.09. The zero-order valence-corrected chi connectivity index (χ0v) is 9.91. The maximum absolute atomic E-state index is 10.8. The zero-order chi connectivity index (χ0) is 13.4. The van der Waals surface area contributed by atoms with Crippen molar-refractivity contribution in [2.24, 2.45) is 5.73 Å². The van der Waals surface area contributed by atoms with E-state index in [1.165, 1.54) is 6.07 Å². The van der Waals surface area contributed by atoms with Gasteiger partial charge in [0.1, 0.15) is 12.5 Å². The van der Waals surface area contributed by atoms with Gasteiger partial charge in [0, 0.05) is 6.07 Å². The number of nitrogens with two attached hydrogens (primary N) is 1. The maximum Gasteiger partial charge on any atom is 0.249 e. The molecule has 0 aromatic carbocycles. The van der Waals surface area contributed by atoms with Gasteiger partial charge in [-0.3, -0.25) is 9.59 Å². The molecule has 0 saturated heterocycles. The molecule has 1 heterocycles. The number of aromatic amines is 1. The van der Waals surface area contributed by atoms with Crippen molar-refractivity contribution >= 4 is 18.5 Å². The average molecular weight is 250 g/mol. The summed E-state index contributed by atoms with van der Waals surface area (Å²) in [6.45, 7) is 1.70. The molecule has 6 nitrogen and oxygen atoms in total. The number of thiol groups is 1. The second-order valence-corrected chi connectivity index (χ2v) is 3.40. The molecule has 17 heavy (non-hydrogen) atoms. The van der Waals surface area contributed by atoms with Crippen LogP contribution >= 0.6 is 12.6 Å². The molecular formula is C10H10N4O2S. The number of pyridine rings is 1. The number of carbonyl (C=O) groups is 1. The highest BCUT2D eigenvalue weighted by Crippen LogP contribution is 2.10. The molecular weight excluding hydrogens is 240 g/mol. The molecule has 0 aliphatic heterocycles. The highest BCUT2D eigenvalue weighted by molar-refractivity contribution is 7.80. The van der Waals surface area contributed by atoms with E-state index in [9.17, 15) is 9.59 Å². The van der Waals surface area contributed by atoms with Crippen molar-refractivity contribution in [2.75, 3.05) is 0 Å². The lowest BCUT2D eigenvalue weighted by Gasteiger charge is -1.97. The predicted octanol–water partition coefficient (Wildman–Crippen LogP) is 0.229. The van der Waals surface area contributed by atoms with E-state index >= 15 is 0 Å². The Labute approximate surface area is 103 Å². The fourth-order valence-corrected chi connectivity index (χ4v) is 1.23. The number of amides is 1. The smallest absolute Gasteiger partial charge is 0.249 e. The molecule has 0 aliphatic rings. The number of primary amides is 1. The minimum Gasteiger partial charge on any atom is -0.369 e. The van der Waals surface area contributed by atoms with Crippen LogP contribution < -0.4 is 11.3 Å². The van der Waals surface area contributed by atoms with Crippen LogP contribution in [0.4, 0.5) is 0 Å². The predicted molar refractivity (Wildman–Crippen MR) is 63.2 cm³/mol. The largest absolute Gasteiger partial charge is 0.369 e. The third kappa shape index (κ3) is 5.40. The number of rotatable bonds is 1. The highest BCUT2D eigenvalue weighted by Gasteiger charge is 2.02. The summed E-state index contributed by atoms with van der Waals surface area (Å²) < 4.78 is 0. The van der Waals surface area contributed by atoms with Gasteiger partial charge in [0.05, 0.1) is 16.7 Å². The molecule has 88 valence electrons. The van der Waals surface area contributed by atoms with Gasteiger partial charge in [0.15, 0.2) is 0 Å². The number of nitrogens with zero attached hydrogens (tertiary/aromatic N) is 2. The number of aromatic nitrogens is 1. The summed E-state index contributed by atoms with van der Waals surface area (Å²) >= 11 is 3.94. The van der Waals surface area contributed by atoms with E-state index in [-0.39, 0.29) is 12.0 Å². The van der Waals surface area contributed by atoms with E-state index in [1.54, 1.807) is 13.0 Å². The van der Waals surface area contributed by atoms with E-state index in [1.807, 2.05) is 6.07 Å². The maximum atomic E-state index is 10.8. The van der Waals surface area contributed by atoms with Gasteiger partial charge in [-0.05, 0) is 12.5 Å². The standard InChI is InChI=1S/C7H6N2OS.C3H4N2O/c1-4-2-6(10)9-7(11)5(4)3-8;4-2-1-3(5)6/h2H,1H3,(H2,9,10,11);1H2,(H2,5,6). The minimum atomic E-state index is -0.572. The zero-order valence-electron chi connectivity index (χ0n) is 9.02. The fraction of sp³-hybridized carbons (Fsp3) is 0.200. The summed E-state index contributed by atoms with van der Waals surface area (Å²) in [5, 5.41) is 16.6. The van der Waals surface area contributed by atoms with Crippen LogP contribution in [0.1, 0.15) is 17.5 Å². The Morgan fingerprint density at radius 1 is 1.59 bits per heavy atom. The molecule has 0 saturated carbocycles. The van der Waals surface area contributed by atoms with Gasteiger partial charge < -0.3 is 10.7 Å². The second-order valence-electron chi connectivity index (χ2n) is 2.95. The summed E-state index contributed by atoms with van der Waals surface area (Å²) in [6.07, 6.45) is -0.181. The lowest BCUT2D eigenvalue weighted by atomic mass is 10.2. The van der Waals surface area contributed by atoms with E-state index in [2.05, 4.69) is 23.3 Å². The van der Waals surface area contributed by atoms with Gasteiger partial charge in [-0.1, -0.05) is 0 Å². The molecule has 0 spiro atoms. The summed E-state index contributed by atoms with van der Waals surface area (Å²) in [4.78, 5) is 22.8. The fourth-order valence-electron chi connectivity index (χ4n) is 0.890. The Balaban J connectivity index is 0.000000366. The first-order chi connectivity index (χ1) is 7.92. The molecule has 1 aromatic rings. The van der Waals surface area contributed by atoms with Crippen molar-refractivity contribution in [2.45, 2.75) is 18.4 Å². The van der Waals surface area contributed by atoms with Crippen molar-refractivity contribution in [1.82, 2.24) is 4.98 Å². The molecule has 0 unspecified atom stereocenters. The molecule has 0 atom stereocenters. The molecule has 0 fully saturated rings. The van der Waals surface area contributed by atoms with Crippen molar-refractivity contribution in [3.63, 3.8) is 0 Å². The molecule has 1 aromatic heterocycles. The summed E-state index contributed by atoms with van der Waals surface area (Å²) in [5.74, 6) is -0.572. The van der Waals surface area contributed by atoms with Crippen LogP contribution in [0.2, 0.25) is 0 Å². The van der Waals surface area contributed by atoms with Crippen LogP contribution in [0.5, 0.6) is 0 Å². The number of nitriles is 2. The Kier molecular flexibility index (Phi) is 6.16. The van der Waals surface area contributed by atoms with E-state index in [4.69, 9.17) is 10.5 Å². The van der Waals surface area contributed by atoms with Gasteiger partial charge in [0.25, 0.3) is 0 Å². The van der Waals surface area contributed by atoms with Gasteiger partial charge in [-0.2, -0.15) is 10.5 Å². The monoisotopic (exact) mass is 250 g/mol. The van der Waals surface area contributed by atoms with E-state index in [0.717, 1.165) is 0 Å². The van der Waals surface area contributed by atoms with Gasteiger partial charge >= 0.3 is 0 Å². The Morgan fingerprint density at radius 2 is 2.18 bits per heavy atom. The van der Waals surface area contributed by atoms with Gasteiger partial charge in [-0.25, -0.2) is 0 Å². The normalized spacial score (nSPS) is 8.24.